The first-order chi connectivity index (χ1) is 12.7. The van der Waals surface area contributed by atoms with Crippen molar-refractivity contribution in [2.75, 3.05) is 0 Å². The highest BCUT2D eigenvalue weighted by atomic mass is 32.1. The minimum absolute atomic E-state index is 0.0640. The maximum Gasteiger partial charge on any atom is 0.261 e. The molecule has 0 saturated heterocycles. The molecule has 0 amide bonds. The van der Waals surface area contributed by atoms with Crippen LogP contribution in [-0.2, 0) is 20.1 Å². The van der Waals surface area contributed by atoms with E-state index in [4.69, 9.17) is 4.74 Å². The van der Waals surface area contributed by atoms with Crippen molar-refractivity contribution >= 4 is 22.2 Å². The average Bonchev–Trinajstić information content (AvgIpc) is 3.18. The number of para-hydroxylation sites is 1. The van der Waals surface area contributed by atoms with Gasteiger partial charge in [-0.3, -0.25) is 20.7 Å². The van der Waals surface area contributed by atoms with Gasteiger partial charge in [0.05, 0.1) is 10.9 Å². The van der Waals surface area contributed by atoms with Crippen molar-refractivity contribution < 1.29 is 4.74 Å². The number of aromatic nitrogens is 3. The fourth-order valence-electron chi connectivity index (χ4n) is 2.74. The zero-order valence-corrected chi connectivity index (χ0v) is 15.0. The third-order valence-electron chi connectivity index (χ3n) is 4.18. The first-order valence-corrected chi connectivity index (χ1v) is 8.99. The second-order valence-electron chi connectivity index (χ2n) is 5.94. The van der Waals surface area contributed by atoms with E-state index in [1.165, 1.54) is 26.3 Å². The molecular weight excluding hydrogens is 346 g/mol. The van der Waals surface area contributed by atoms with Gasteiger partial charge in [0.1, 0.15) is 18.2 Å². The Bertz CT molecular complexity index is 1090. The van der Waals surface area contributed by atoms with Gasteiger partial charge in [-0.25, -0.2) is 4.98 Å². The van der Waals surface area contributed by atoms with Gasteiger partial charge in [-0.1, -0.05) is 29.8 Å². The molecule has 130 valence electrons. The van der Waals surface area contributed by atoms with Gasteiger partial charge in [-0.2, -0.15) is 0 Å². The molecule has 5 nitrogen and oxygen atoms in total. The van der Waals surface area contributed by atoms with Crippen molar-refractivity contribution in [3.63, 3.8) is 0 Å². The smallest absolute Gasteiger partial charge is 0.261 e. The Morgan fingerprint density at radius 3 is 2.73 bits per heavy atom. The van der Waals surface area contributed by atoms with Gasteiger partial charge >= 0.3 is 0 Å². The molecule has 0 fully saturated rings. The van der Waals surface area contributed by atoms with E-state index in [0.29, 0.717) is 16.7 Å². The van der Waals surface area contributed by atoms with Crippen LogP contribution in [0.15, 0.2) is 59.5 Å². The van der Waals surface area contributed by atoms with Crippen LogP contribution < -0.4 is 10.3 Å². The number of ether oxygens (including phenoxy) is 1. The molecule has 2 heterocycles. The molecule has 0 radical (unpaired) electrons. The van der Waals surface area contributed by atoms with E-state index >= 15 is 0 Å². The molecule has 2 aromatic carbocycles. The fraction of sp³-hybridized carbons (Fsp3) is 0.150. The molecule has 0 aliphatic heterocycles. The molecule has 0 unspecified atom stereocenters. The number of fused-ring (bicyclic) bond motifs is 1. The molecule has 6 heteroatoms. The molecule has 0 aliphatic rings. The molecule has 0 spiro atoms. The van der Waals surface area contributed by atoms with Crippen molar-refractivity contribution in [2.45, 2.75) is 13.0 Å². The second-order valence-corrected chi connectivity index (χ2v) is 6.85. The maximum absolute atomic E-state index is 12.4. The Labute approximate surface area is 154 Å². The molecule has 0 N–H and O–H groups in total. The van der Waals surface area contributed by atoms with Crippen LogP contribution in [0.4, 0.5) is 0 Å². The second kappa shape index (κ2) is 7.09. The topological polar surface area (TPSA) is 57.0 Å². The van der Waals surface area contributed by atoms with Crippen LogP contribution in [0, 0.1) is 5.51 Å². The molecule has 0 saturated carbocycles. The predicted octanol–water partition coefficient (Wildman–Crippen LogP) is 3.36. The lowest BCUT2D eigenvalue weighted by Gasteiger charge is -2.11. The Morgan fingerprint density at radius 2 is 1.96 bits per heavy atom. The van der Waals surface area contributed by atoms with Gasteiger partial charge in [-0.05, 0) is 36.2 Å². The van der Waals surface area contributed by atoms with Crippen molar-refractivity contribution in [3.8, 4) is 5.75 Å². The summed E-state index contributed by atoms with van der Waals surface area (Å²) in [5.74, 6) is 1.34. The van der Waals surface area contributed by atoms with Crippen molar-refractivity contribution in [2.24, 2.45) is 7.05 Å². The van der Waals surface area contributed by atoms with E-state index in [-0.39, 0.29) is 12.2 Å². The first-order valence-electron chi connectivity index (χ1n) is 8.18. The monoisotopic (exact) mass is 362 g/mol. The average molecular weight is 362 g/mol. The number of hydrogen-bond acceptors (Lipinski definition) is 5. The Balaban J connectivity index is 1.49. The Hall–Kier alpha value is -2.99. The van der Waals surface area contributed by atoms with Gasteiger partial charge in [0.15, 0.2) is 0 Å². The normalized spacial score (nSPS) is 11.0. The molecule has 26 heavy (non-hydrogen) atoms. The summed E-state index contributed by atoms with van der Waals surface area (Å²) in [6.07, 6.45) is 2.67. The highest BCUT2D eigenvalue weighted by Crippen LogP contribution is 2.18. The van der Waals surface area contributed by atoms with E-state index in [2.05, 4.69) is 15.5 Å². The lowest BCUT2D eigenvalue weighted by molar-refractivity contribution is 0.289. The number of thiazole rings is 1. The molecule has 2 aromatic heterocycles. The van der Waals surface area contributed by atoms with Crippen LogP contribution >= 0.6 is 11.3 Å². The van der Waals surface area contributed by atoms with Gasteiger partial charge in [0, 0.05) is 7.05 Å². The summed E-state index contributed by atoms with van der Waals surface area (Å²) in [6.45, 7) is 0.236. The number of benzene rings is 2. The van der Waals surface area contributed by atoms with Gasteiger partial charge in [-0.15, -0.1) is 11.1 Å². The van der Waals surface area contributed by atoms with Crippen LogP contribution in [0.25, 0.3) is 10.9 Å². The van der Waals surface area contributed by atoms with Crippen LogP contribution in [0.1, 0.15) is 16.3 Å². The summed E-state index contributed by atoms with van der Waals surface area (Å²) >= 11 is 1.53. The minimum Gasteiger partial charge on any atom is -0.486 e. The lowest BCUT2D eigenvalue weighted by Crippen LogP contribution is -2.23. The summed E-state index contributed by atoms with van der Waals surface area (Å²) in [6, 6.07) is 15.3. The Kier molecular flexibility index (Phi) is 4.50. The van der Waals surface area contributed by atoms with Crippen molar-refractivity contribution in [1.82, 2.24) is 14.5 Å². The summed E-state index contributed by atoms with van der Waals surface area (Å²) in [4.78, 5) is 22.1. The lowest BCUT2D eigenvalue weighted by atomic mass is 10.1. The molecule has 0 bridgehead atoms. The number of rotatable bonds is 5. The zero-order chi connectivity index (χ0) is 17.9. The molecule has 0 atom stereocenters. The largest absolute Gasteiger partial charge is 0.486 e. The Morgan fingerprint density at radius 1 is 1.15 bits per heavy atom. The zero-order valence-electron chi connectivity index (χ0n) is 14.2. The van der Waals surface area contributed by atoms with E-state index < -0.39 is 0 Å². The standard InChI is InChI=1S/C20H16N3O2S/c1-23-19(22-18-5-3-2-4-17(18)20(23)24)12-25-15-8-6-14(7-9-15)10-16-11-21-13-26-16/h2-9,11H,10,12H2,1H3/q-1. The highest BCUT2D eigenvalue weighted by Gasteiger charge is 2.08. The quantitative estimate of drug-likeness (QED) is 0.511. The van der Waals surface area contributed by atoms with E-state index in [1.807, 2.05) is 48.7 Å². The van der Waals surface area contributed by atoms with E-state index in [0.717, 1.165) is 12.2 Å². The summed E-state index contributed by atoms with van der Waals surface area (Å²) < 4.78 is 7.37. The summed E-state index contributed by atoms with van der Waals surface area (Å²) in [5.41, 5.74) is 4.66. The van der Waals surface area contributed by atoms with Crippen molar-refractivity contribution in [3.05, 3.63) is 86.9 Å². The molecule has 4 rings (SSSR count). The van der Waals surface area contributed by atoms with Gasteiger partial charge in [0.25, 0.3) is 5.56 Å². The molecule has 4 aromatic rings. The summed E-state index contributed by atoms with van der Waals surface area (Å²) in [7, 11) is 1.72. The third-order valence-corrected chi connectivity index (χ3v) is 4.89. The van der Waals surface area contributed by atoms with Crippen LogP contribution in [0.3, 0.4) is 0 Å². The fourth-order valence-corrected chi connectivity index (χ4v) is 3.30. The van der Waals surface area contributed by atoms with Crippen LogP contribution in [-0.4, -0.2) is 14.5 Å². The van der Waals surface area contributed by atoms with Crippen LogP contribution in [0.5, 0.6) is 5.75 Å². The highest BCUT2D eigenvalue weighted by molar-refractivity contribution is 7.09. The predicted molar refractivity (Wildman–Crippen MR) is 102 cm³/mol. The maximum atomic E-state index is 12.4. The van der Waals surface area contributed by atoms with E-state index in [1.54, 1.807) is 13.1 Å². The summed E-state index contributed by atoms with van der Waals surface area (Å²) in [5, 5.41) is 0.614. The molecular formula is C20H16N3O2S-. The van der Waals surface area contributed by atoms with Gasteiger partial charge < -0.3 is 9.72 Å². The van der Waals surface area contributed by atoms with E-state index in [9.17, 15) is 4.79 Å². The molecule has 0 aliphatic carbocycles. The SMILES string of the molecule is Cn1c(COc2ccc(Cc3cn[c-]s3)cc2)nc2ccccc2c1=O. The first kappa shape index (κ1) is 16.5. The third kappa shape index (κ3) is 3.36. The number of nitrogens with zero attached hydrogens (tertiary/aromatic N) is 3. The van der Waals surface area contributed by atoms with Gasteiger partial charge in [0.2, 0.25) is 0 Å². The number of hydrogen-bond donors (Lipinski definition) is 0. The van der Waals surface area contributed by atoms with Crippen LogP contribution in [0.2, 0.25) is 0 Å². The minimum atomic E-state index is -0.0640. The van der Waals surface area contributed by atoms with Crippen molar-refractivity contribution in [1.29, 1.82) is 0 Å².